The molecule has 2 aromatic carbocycles. The number of esters is 1. The largest absolute Gasteiger partial charge is 0.494 e. The van der Waals surface area contributed by atoms with E-state index in [4.69, 9.17) is 18.9 Å². The lowest BCUT2D eigenvalue weighted by Gasteiger charge is -2.32. The van der Waals surface area contributed by atoms with Gasteiger partial charge in [0.05, 0.1) is 44.7 Å². The Hall–Kier alpha value is -3.33. The first-order chi connectivity index (χ1) is 16.6. The fraction of sp³-hybridized carbons (Fsp3) is 0.462. The van der Waals surface area contributed by atoms with Crippen LogP contribution in [0.15, 0.2) is 36.4 Å². The quantitative estimate of drug-likeness (QED) is 0.519. The van der Waals surface area contributed by atoms with Gasteiger partial charge in [-0.05, 0) is 63.6 Å². The van der Waals surface area contributed by atoms with Gasteiger partial charge >= 0.3 is 12.1 Å². The van der Waals surface area contributed by atoms with Crippen molar-refractivity contribution in [1.29, 1.82) is 0 Å². The van der Waals surface area contributed by atoms with Gasteiger partial charge in [-0.2, -0.15) is 0 Å². The molecule has 0 radical (unpaired) electrons. The van der Waals surface area contributed by atoms with Crippen LogP contribution in [0.1, 0.15) is 43.6 Å². The fourth-order valence-corrected chi connectivity index (χ4v) is 3.71. The van der Waals surface area contributed by atoms with Crippen molar-refractivity contribution in [2.24, 2.45) is 0 Å². The second kappa shape index (κ2) is 11.4. The molecule has 0 bridgehead atoms. The zero-order chi connectivity index (χ0) is 25.6. The lowest BCUT2D eigenvalue weighted by molar-refractivity contribution is 0.0522. The molecule has 0 N–H and O–H groups in total. The number of carbonyl (C=O) groups is 2. The first kappa shape index (κ1) is 26.3. The Balaban J connectivity index is 2.03. The van der Waals surface area contributed by atoms with Crippen molar-refractivity contribution >= 4 is 23.4 Å². The molecule has 8 nitrogen and oxygen atoms in total. The van der Waals surface area contributed by atoms with Gasteiger partial charge in [0.2, 0.25) is 0 Å². The average Bonchev–Trinajstić information content (AvgIpc) is 2.82. The minimum Gasteiger partial charge on any atom is -0.494 e. The predicted octanol–water partition coefficient (Wildman–Crippen LogP) is 4.79. The van der Waals surface area contributed by atoms with E-state index in [2.05, 4.69) is 4.90 Å². The average molecular weight is 489 g/mol. The molecule has 9 heteroatoms. The number of morpholine rings is 1. The van der Waals surface area contributed by atoms with Crippen LogP contribution in [0.4, 0.5) is 20.6 Å². The summed E-state index contributed by atoms with van der Waals surface area (Å²) in [6, 6.07) is 9.64. The van der Waals surface area contributed by atoms with Crippen molar-refractivity contribution in [3.63, 3.8) is 0 Å². The molecule has 1 amide bonds. The van der Waals surface area contributed by atoms with Gasteiger partial charge in [-0.15, -0.1) is 0 Å². The van der Waals surface area contributed by atoms with Crippen molar-refractivity contribution in [2.45, 2.75) is 39.8 Å². The third kappa shape index (κ3) is 6.85. The molecule has 1 aliphatic heterocycles. The zero-order valence-electron chi connectivity index (χ0n) is 20.9. The van der Waals surface area contributed by atoms with Crippen molar-refractivity contribution < 1.29 is 32.9 Å². The van der Waals surface area contributed by atoms with Gasteiger partial charge in [0.25, 0.3) is 0 Å². The van der Waals surface area contributed by atoms with Gasteiger partial charge in [-0.1, -0.05) is 6.07 Å². The number of amides is 1. The topological polar surface area (TPSA) is 77.5 Å². The Labute approximate surface area is 205 Å². The predicted molar refractivity (Wildman–Crippen MR) is 131 cm³/mol. The van der Waals surface area contributed by atoms with Gasteiger partial charge in [-0.25, -0.2) is 14.0 Å². The molecular weight excluding hydrogens is 455 g/mol. The van der Waals surface area contributed by atoms with Gasteiger partial charge in [0.1, 0.15) is 5.60 Å². The van der Waals surface area contributed by atoms with E-state index in [1.165, 1.54) is 24.1 Å². The van der Waals surface area contributed by atoms with Crippen LogP contribution in [0.25, 0.3) is 0 Å². The summed E-state index contributed by atoms with van der Waals surface area (Å²) in [7, 11) is 1.39. The van der Waals surface area contributed by atoms with Crippen molar-refractivity contribution in [3.8, 4) is 5.75 Å². The molecule has 2 aromatic rings. The highest BCUT2D eigenvalue weighted by Gasteiger charge is 2.27. The number of nitrogens with zero attached hydrogens (tertiary/aromatic N) is 2. The number of benzene rings is 2. The van der Waals surface area contributed by atoms with Crippen LogP contribution in [0.3, 0.4) is 0 Å². The molecule has 0 aliphatic carbocycles. The molecule has 0 unspecified atom stereocenters. The first-order valence-electron chi connectivity index (χ1n) is 11.6. The summed E-state index contributed by atoms with van der Waals surface area (Å²) in [4.78, 5) is 29.5. The maximum atomic E-state index is 14.4. The van der Waals surface area contributed by atoms with Gasteiger partial charge in [-0.3, -0.25) is 4.90 Å². The summed E-state index contributed by atoms with van der Waals surface area (Å²) in [6.45, 7) is 9.64. The van der Waals surface area contributed by atoms with Crippen LogP contribution >= 0.6 is 0 Å². The van der Waals surface area contributed by atoms with E-state index in [9.17, 15) is 14.0 Å². The van der Waals surface area contributed by atoms with Crippen molar-refractivity contribution in [3.05, 3.63) is 53.3 Å². The smallest absolute Gasteiger partial charge is 0.415 e. The molecule has 0 aromatic heterocycles. The third-order valence-corrected chi connectivity index (χ3v) is 5.31. The second-order valence-electron chi connectivity index (χ2n) is 9.06. The molecule has 190 valence electrons. The van der Waals surface area contributed by atoms with Crippen molar-refractivity contribution in [1.82, 2.24) is 0 Å². The standard InChI is InChI=1S/C26H33FN2O6/c1-6-34-24(30)20-16-19(8-9-22(20)28-11-13-33-14-12-28)29(25(31)35-26(2,3)4)17-18-7-10-23(32-5)21(27)15-18/h7-10,15-16H,6,11-14,17H2,1-5H3. The normalized spacial score (nSPS) is 13.8. The van der Waals surface area contributed by atoms with Crippen LogP contribution in [0.2, 0.25) is 0 Å². The number of halogens is 1. The highest BCUT2D eigenvalue weighted by Crippen LogP contribution is 2.30. The van der Waals surface area contributed by atoms with E-state index in [0.717, 1.165) is 0 Å². The van der Waals surface area contributed by atoms with Crippen molar-refractivity contribution in [2.75, 3.05) is 49.8 Å². The molecular formula is C26H33FN2O6. The Bertz CT molecular complexity index is 1050. The zero-order valence-corrected chi connectivity index (χ0v) is 20.9. The second-order valence-corrected chi connectivity index (χ2v) is 9.06. The monoisotopic (exact) mass is 488 g/mol. The van der Waals surface area contributed by atoms with Crippen LogP contribution in [0, 0.1) is 5.82 Å². The summed E-state index contributed by atoms with van der Waals surface area (Å²) in [5.41, 5.74) is 1.24. The van der Waals surface area contributed by atoms with Crippen LogP contribution < -0.4 is 14.5 Å². The Morgan fingerprint density at radius 1 is 1.11 bits per heavy atom. The SMILES string of the molecule is CCOC(=O)c1cc(N(Cc2ccc(OC)c(F)c2)C(=O)OC(C)(C)C)ccc1N1CCOCC1. The maximum Gasteiger partial charge on any atom is 0.415 e. The number of rotatable bonds is 7. The fourth-order valence-electron chi connectivity index (χ4n) is 3.71. The van der Waals surface area contributed by atoms with E-state index in [0.29, 0.717) is 48.8 Å². The summed E-state index contributed by atoms with van der Waals surface area (Å²) < 4.78 is 35.7. The van der Waals surface area contributed by atoms with Gasteiger partial charge in [0, 0.05) is 18.8 Å². The van der Waals surface area contributed by atoms with Crippen LogP contribution in [0.5, 0.6) is 5.75 Å². The Morgan fingerprint density at radius 3 is 2.43 bits per heavy atom. The Morgan fingerprint density at radius 2 is 1.83 bits per heavy atom. The van der Waals surface area contributed by atoms with Crippen LogP contribution in [-0.2, 0) is 20.8 Å². The number of hydrogen-bond acceptors (Lipinski definition) is 7. The van der Waals surface area contributed by atoms with E-state index >= 15 is 0 Å². The third-order valence-electron chi connectivity index (χ3n) is 5.31. The summed E-state index contributed by atoms with van der Waals surface area (Å²) >= 11 is 0. The van der Waals surface area contributed by atoms with Gasteiger partial charge in [0.15, 0.2) is 11.6 Å². The molecule has 0 saturated carbocycles. The summed E-state index contributed by atoms with van der Waals surface area (Å²) in [5.74, 6) is -0.920. The molecule has 1 heterocycles. The molecule has 1 saturated heterocycles. The number of carbonyl (C=O) groups excluding carboxylic acids is 2. The first-order valence-corrected chi connectivity index (χ1v) is 11.6. The minimum atomic E-state index is -0.752. The summed E-state index contributed by atoms with van der Waals surface area (Å²) in [6.07, 6.45) is -0.623. The van der Waals surface area contributed by atoms with Gasteiger partial charge < -0.3 is 23.8 Å². The molecule has 1 fully saturated rings. The lowest BCUT2D eigenvalue weighted by atomic mass is 10.1. The maximum absolute atomic E-state index is 14.4. The van der Waals surface area contributed by atoms with Crippen LogP contribution in [-0.4, -0.2) is 57.7 Å². The summed E-state index contributed by atoms with van der Waals surface area (Å²) in [5, 5.41) is 0. The molecule has 0 spiro atoms. The van der Waals surface area contributed by atoms with E-state index < -0.39 is 23.5 Å². The number of ether oxygens (including phenoxy) is 4. The number of hydrogen-bond donors (Lipinski definition) is 0. The number of methoxy groups -OCH3 is 1. The van der Waals surface area contributed by atoms with E-state index in [1.54, 1.807) is 52.0 Å². The van der Waals surface area contributed by atoms with E-state index in [1.807, 2.05) is 0 Å². The molecule has 0 atom stereocenters. The molecule has 35 heavy (non-hydrogen) atoms. The molecule has 3 rings (SSSR count). The number of anilines is 2. The highest BCUT2D eigenvalue weighted by atomic mass is 19.1. The molecule has 1 aliphatic rings. The minimum absolute atomic E-state index is 0.0228. The highest BCUT2D eigenvalue weighted by molar-refractivity contribution is 5.99. The van der Waals surface area contributed by atoms with E-state index in [-0.39, 0.29) is 18.9 Å². The lowest BCUT2D eigenvalue weighted by Crippen LogP contribution is -2.38. The Kier molecular flexibility index (Phi) is 8.56.